The lowest BCUT2D eigenvalue weighted by atomic mass is 10.1. The molecule has 4 nitrogen and oxygen atoms in total. The van der Waals surface area contributed by atoms with Crippen molar-refractivity contribution in [3.63, 3.8) is 0 Å². The summed E-state index contributed by atoms with van der Waals surface area (Å²) in [7, 11) is -3.43. The maximum absolute atomic E-state index is 12.6. The number of aryl methyl sites for hydroxylation is 1. The van der Waals surface area contributed by atoms with Gasteiger partial charge in [0.25, 0.3) is 10.0 Å². The Labute approximate surface area is 129 Å². The van der Waals surface area contributed by atoms with E-state index in [1.165, 1.54) is 21.2 Å². The van der Waals surface area contributed by atoms with Crippen LogP contribution in [0.2, 0.25) is 0 Å². The zero-order valence-electron chi connectivity index (χ0n) is 11.8. The first kappa shape index (κ1) is 14.6. The molecule has 0 unspecified atom stereocenters. The first-order valence-corrected chi connectivity index (χ1v) is 9.21. The number of fused-ring (bicyclic) bond motifs is 1. The number of thiophene rings is 1. The molecule has 0 saturated heterocycles. The monoisotopic (exact) mass is 323 g/mol. The minimum atomic E-state index is -3.43. The number of rotatable bonds is 3. The molecule has 0 saturated carbocycles. The topological polar surface area (TPSA) is 46.6 Å². The minimum Gasteiger partial charge on any atom is -0.492 e. The fraction of sp³-hybridized carbons (Fsp3) is 0.333. The van der Waals surface area contributed by atoms with Gasteiger partial charge in [0.05, 0.1) is 0 Å². The fourth-order valence-corrected chi connectivity index (χ4v) is 4.93. The first-order chi connectivity index (χ1) is 10.1. The van der Waals surface area contributed by atoms with E-state index < -0.39 is 10.0 Å². The normalized spacial score (nSPS) is 16.0. The molecular weight excluding hydrogens is 306 g/mol. The van der Waals surface area contributed by atoms with Crippen molar-refractivity contribution in [3.05, 3.63) is 46.8 Å². The highest BCUT2D eigenvalue weighted by atomic mass is 32.2. The van der Waals surface area contributed by atoms with Gasteiger partial charge < -0.3 is 4.74 Å². The van der Waals surface area contributed by atoms with E-state index >= 15 is 0 Å². The molecule has 3 rings (SSSR count). The van der Waals surface area contributed by atoms with Crippen molar-refractivity contribution in [1.82, 2.24) is 4.31 Å². The molecule has 0 aliphatic carbocycles. The molecule has 2 heterocycles. The second-order valence-corrected chi connectivity index (χ2v) is 8.03. The van der Waals surface area contributed by atoms with Gasteiger partial charge in [0.2, 0.25) is 0 Å². The highest BCUT2D eigenvalue weighted by Gasteiger charge is 2.28. The molecule has 0 spiro atoms. The Bertz CT molecular complexity index is 723. The third kappa shape index (κ3) is 2.84. The van der Waals surface area contributed by atoms with Gasteiger partial charge in [0.1, 0.15) is 16.6 Å². The van der Waals surface area contributed by atoms with Crippen LogP contribution in [0, 0.1) is 0 Å². The fourth-order valence-electron chi connectivity index (χ4n) is 2.39. The average molecular weight is 323 g/mol. The zero-order chi connectivity index (χ0) is 14.9. The Balaban J connectivity index is 1.95. The molecule has 1 aliphatic heterocycles. The van der Waals surface area contributed by atoms with Crippen molar-refractivity contribution in [2.75, 3.05) is 13.2 Å². The molecule has 2 aromatic rings. The van der Waals surface area contributed by atoms with Crippen LogP contribution in [-0.2, 0) is 23.0 Å². The van der Waals surface area contributed by atoms with Gasteiger partial charge >= 0.3 is 0 Å². The van der Waals surface area contributed by atoms with Crippen LogP contribution in [0.15, 0.2) is 39.9 Å². The van der Waals surface area contributed by atoms with Gasteiger partial charge in [-0.25, -0.2) is 8.42 Å². The molecule has 0 amide bonds. The molecule has 0 atom stereocenters. The Kier molecular flexibility index (Phi) is 4.01. The summed E-state index contributed by atoms with van der Waals surface area (Å²) in [5, 5.41) is 1.78. The summed E-state index contributed by atoms with van der Waals surface area (Å²) in [6.07, 6.45) is 0.922. The minimum absolute atomic E-state index is 0.364. The Morgan fingerprint density at radius 2 is 2.19 bits per heavy atom. The summed E-state index contributed by atoms with van der Waals surface area (Å²) in [5.41, 5.74) is 2.12. The van der Waals surface area contributed by atoms with Crippen LogP contribution in [0.1, 0.15) is 18.1 Å². The molecule has 0 radical (unpaired) electrons. The average Bonchev–Trinajstić information content (AvgIpc) is 2.94. The second-order valence-electron chi connectivity index (χ2n) is 4.91. The van der Waals surface area contributed by atoms with Crippen molar-refractivity contribution in [3.8, 4) is 5.75 Å². The van der Waals surface area contributed by atoms with Gasteiger partial charge in [-0.1, -0.05) is 25.1 Å². The second kappa shape index (κ2) is 5.79. The lowest BCUT2D eigenvalue weighted by molar-refractivity contribution is 0.293. The molecule has 1 aliphatic rings. The third-order valence-electron chi connectivity index (χ3n) is 3.57. The maximum atomic E-state index is 12.6. The number of hydrogen-bond acceptors (Lipinski definition) is 4. The van der Waals surface area contributed by atoms with Crippen molar-refractivity contribution < 1.29 is 13.2 Å². The molecule has 0 bridgehead atoms. The van der Waals surface area contributed by atoms with E-state index in [4.69, 9.17) is 4.74 Å². The van der Waals surface area contributed by atoms with Crippen molar-refractivity contribution >= 4 is 21.4 Å². The van der Waals surface area contributed by atoms with Crippen LogP contribution in [0.25, 0.3) is 0 Å². The molecule has 0 fully saturated rings. The Hall–Kier alpha value is -1.37. The third-order valence-corrected chi connectivity index (χ3v) is 6.79. The van der Waals surface area contributed by atoms with Crippen molar-refractivity contribution in [1.29, 1.82) is 0 Å². The van der Waals surface area contributed by atoms with Crippen LogP contribution in [-0.4, -0.2) is 25.9 Å². The van der Waals surface area contributed by atoms with E-state index in [0.717, 1.165) is 17.7 Å². The summed E-state index contributed by atoms with van der Waals surface area (Å²) in [6.45, 7) is 3.20. The van der Waals surface area contributed by atoms with E-state index in [2.05, 4.69) is 6.92 Å². The predicted molar refractivity (Wildman–Crippen MR) is 83.2 cm³/mol. The predicted octanol–water partition coefficient (Wildman–Crippen LogP) is 2.89. The number of hydrogen-bond donors (Lipinski definition) is 0. The quantitative estimate of drug-likeness (QED) is 0.872. The molecule has 1 aromatic carbocycles. The Morgan fingerprint density at radius 1 is 1.33 bits per heavy atom. The van der Waals surface area contributed by atoms with Crippen molar-refractivity contribution in [2.45, 2.75) is 24.1 Å². The summed E-state index contributed by atoms with van der Waals surface area (Å²) < 4.78 is 32.9. The van der Waals surface area contributed by atoms with Gasteiger partial charge in [0, 0.05) is 18.7 Å². The lowest BCUT2D eigenvalue weighted by Crippen LogP contribution is -2.32. The molecule has 1 aromatic heterocycles. The lowest BCUT2D eigenvalue weighted by Gasteiger charge is -2.18. The van der Waals surface area contributed by atoms with Crippen LogP contribution in [0.4, 0.5) is 0 Å². The van der Waals surface area contributed by atoms with Crippen LogP contribution in [0.5, 0.6) is 5.75 Å². The van der Waals surface area contributed by atoms with Crippen LogP contribution < -0.4 is 4.74 Å². The van der Waals surface area contributed by atoms with Crippen LogP contribution >= 0.6 is 11.3 Å². The Morgan fingerprint density at radius 3 is 2.90 bits per heavy atom. The van der Waals surface area contributed by atoms with Gasteiger partial charge in [-0.2, -0.15) is 4.31 Å². The summed E-state index contributed by atoms with van der Waals surface area (Å²) in [4.78, 5) is 0. The highest BCUT2D eigenvalue weighted by molar-refractivity contribution is 7.91. The number of sulfonamides is 1. The highest BCUT2D eigenvalue weighted by Crippen LogP contribution is 2.29. The van der Waals surface area contributed by atoms with Gasteiger partial charge in [0.15, 0.2) is 0 Å². The van der Waals surface area contributed by atoms with E-state index in [-0.39, 0.29) is 0 Å². The summed E-state index contributed by atoms with van der Waals surface area (Å²) in [6, 6.07) is 9.42. The van der Waals surface area contributed by atoms with E-state index in [9.17, 15) is 8.42 Å². The molecule has 112 valence electrons. The van der Waals surface area contributed by atoms with Crippen molar-refractivity contribution in [2.24, 2.45) is 0 Å². The molecule has 21 heavy (non-hydrogen) atoms. The zero-order valence-corrected chi connectivity index (χ0v) is 13.4. The van der Waals surface area contributed by atoms with Gasteiger partial charge in [-0.15, -0.1) is 11.3 Å². The smallest absolute Gasteiger partial charge is 0.252 e. The number of benzene rings is 1. The summed E-state index contributed by atoms with van der Waals surface area (Å²) in [5.74, 6) is 0.788. The van der Waals surface area contributed by atoms with E-state index in [0.29, 0.717) is 23.9 Å². The summed E-state index contributed by atoms with van der Waals surface area (Å²) >= 11 is 1.25. The number of nitrogens with zero attached hydrogens (tertiary/aromatic N) is 1. The largest absolute Gasteiger partial charge is 0.492 e. The van der Waals surface area contributed by atoms with Gasteiger partial charge in [-0.3, -0.25) is 0 Å². The standard InChI is InChI=1S/C15H17NO3S2/c1-2-12-5-6-14-13(10-12)11-16(7-8-19-14)21(17,18)15-4-3-9-20-15/h3-6,9-10H,2,7-8,11H2,1H3. The molecule has 6 heteroatoms. The molecular formula is C15H17NO3S2. The number of ether oxygens (including phenoxy) is 1. The maximum Gasteiger partial charge on any atom is 0.252 e. The SMILES string of the molecule is CCc1ccc2c(c1)CN(S(=O)(=O)c1cccs1)CCO2. The molecule has 0 N–H and O–H groups in total. The van der Waals surface area contributed by atoms with Gasteiger partial charge in [-0.05, 0) is 29.5 Å². The van der Waals surface area contributed by atoms with Crippen LogP contribution in [0.3, 0.4) is 0 Å². The van der Waals surface area contributed by atoms with E-state index in [1.807, 2.05) is 18.2 Å². The van der Waals surface area contributed by atoms with E-state index in [1.54, 1.807) is 17.5 Å². The first-order valence-electron chi connectivity index (χ1n) is 6.89.